The number of aromatic nitrogens is 2. The number of rotatable bonds is 4. The van der Waals surface area contributed by atoms with Crippen LogP contribution in [0.1, 0.15) is 5.69 Å². The third-order valence-corrected chi connectivity index (χ3v) is 1.27. The summed E-state index contributed by atoms with van der Waals surface area (Å²) in [5.41, 5.74) is 2.99. The Balaban J connectivity index is 2.38. The molecular formula is C6H9N3O2. The number of carbonyl (C=O) groups excluding carboxylic acids is 1. The minimum atomic E-state index is 0.329. The van der Waals surface area contributed by atoms with Crippen LogP contribution in [0.2, 0.25) is 0 Å². The zero-order valence-corrected chi connectivity index (χ0v) is 6.15. The quantitative estimate of drug-likeness (QED) is 0.365. The number of imidazole rings is 1. The van der Waals surface area contributed by atoms with E-state index in [1.165, 1.54) is 0 Å². The van der Waals surface area contributed by atoms with E-state index in [2.05, 4.69) is 10.5 Å². The van der Waals surface area contributed by atoms with Crippen molar-refractivity contribution in [2.45, 2.75) is 6.61 Å². The van der Waals surface area contributed by atoms with Crippen LogP contribution in [-0.2, 0) is 23.3 Å². The third kappa shape index (κ3) is 2.05. The van der Waals surface area contributed by atoms with Crippen LogP contribution in [0.15, 0.2) is 12.5 Å². The number of nitrogens with zero attached hydrogens (tertiary/aromatic N) is 2. The Kier molecular flexibility index (Phi) is 2.62. The van der Waals surface area contributed by atoms with E-state index in [1.54, 1.807) is 12.5 Å². The number of aryl methyl sites for hydroxylation is 1. The van der Waals surface area contributed by atoms with Gasteiger partial charge in [-0.1, -0.05) is 0 Å². The van der Waals surface area contributed by atoms with Crippen molar-refractivity contribution in [2.75, 3.05) is 0 Å². The molecule has 60 valence electrons. The van der Waals surface area contributed by atoms with Crippen molar-refractivity contribution < 1.29 is 9.63 Å². The van der Waals surface area contributed by atoms with Gasteiger partial charge in [0.15, 0.2) is 0 Å². The van der Waals surface area contributed by atoms with E-state index in [0.29, 0.717) is 13.0 Å². The Morgan fingerprint density at radius 3 is 3.27 bits per heavy atom. The van der Waals surface area contributed by atoms with E-state index in [1.807, 2.05) is 11.6 Å². The largest absolute Gasteiger partial charge is 0.336 e. The SMILES string of the molecule is Cn1cncc1CONC=O. The highest BCUT2D eigenvalue weighted by molar-refractivity contribution is 5.43. The van der Waals surface area contributed by atoms with Crippen LogP contribution in [0, 0.1) is 0 Å². The van der Waals surface area contributed by atoms with Gasteiger partial charge < -0.3 is 4.57 Å². The fraction of sp³-hybridized carbons (Fsp3) is 0.333. The van der Waals surface area contributed by atoms with Gasteiger partial charge in [-0.25, -0.2) is 10.5 Å². The first-order valence-corrected chi connectivity index (χ1v) is 3.10. The Morgan fingerprint density at radius 1 is 1.91 bits per heavy atom. The predicted octanol–water partition coefficient (Wildman–Crippen LogP) is -0.402. The lowest BCUT2D eigenvalue weighted by Crippen LogP contribution is -2.12. The predicted molar refractivity (Wildman–Crippen MR) is 37.2 cm³/mol. The topological polar surface area (TPSA) is 56.1 Å². The van der Waals surface area contributed by atoms with E-state index < -0.39 is 0 Å². The molecule has 0 aliphatic rings. The average molecular weight is 155 g/mol. The molecule has 1 heterocycles. The second kappa shape index (κ2) is 3.72. The van der Waals surface area contributed by atoms with Gasteiger partial charge in [-0.3, -0.25) is 9.63 Å². The first-order valence-electron chi connectivity index (χ1n) is 3.10. The maximum atomic E-state index is 9.76. The lowest BCUT2D eigenvalue weighted by Gasteiger charge is -2.00. The summed E-state index contributed by atoms with van der Waals surface area (Å²) in [4.78, 5) is 18.4. The molecule has 1 N–H and O–H groups in total. The van der Waals surface area contributed by atoms with Gasteiger partial charge in [0.25, 0.3) is 0 Å². The van der Waals surface area contributed by atoms with E-state index in [4.69, 9.17) is 4.84 Å². The van der Waals surface area contributed by atoms with Crippen LogP contribution in [0.4, 0.5) is 0 Å². The van der Waals surface area contributed by atoms with Crippen molar-refractivity contribution in [2.24, 2.45) is 7.05 Å². The molecule has 1 aromatic heterocycles. The molecule has 11 heavy (non-hydrogen) atoms. The van der Waals surface area contributed by atoms with Crippen molar-refractivity contribution in [3.05, 3.63) is 18.2 Å². The van der Waals surface area contributed by atoms with E-state index in [-0.39, 0.29) is 0 Å². The Hall–Kier alpha value is -1.36. The molecule has 0 radical (unpaired) electrons. The molecule has 1 rings (SSSR count). The number of hydroxylamine groups is 1. The summed E-state index contributed by atoms with van der Waals surface area (Å²) in [6.45, 7) is 0.329. The van der Waals surface area contributed by atoms with Crippen LogP contribution >= 0.6 is 0 Å². The van der Waals surface area contributed by atoms with Crippen molar-refractivity contribution in [3.63, 3.8) is 0 Å². The molecule has 0 aromatic carbocycles. The molecule has 0 saturated carbocycles. The molecule has 0 fully saturated rings. The minimum Gasteiger partial charge on any atom is -0.336 e. The van der Waals surface area contributed by atoms with E-state index in [0.717, 1.165) is 5.69 Å². The van der Waals surface area contributed by atoms with Crippen LogP contribution in [0.25, 0.3) is 0 Å². The molecule has 0 unspecified atom stereocenters. The first kappa shape index (κ1) is 7.74. The summed E-state index contributed by atoms with van der Waals surface area (Å²) < 4.78 is 1.81. The first-order chi connectivity index (χ1) is 5.34. The fourth-order valence-corrected chi connectivity index (χ4v) is 0.673. The maximum Gasteiger partial charge on any atom is 0.230 e. The van der Waals surface area contributed by atoms with Gasteiger partial charge in [-0.05, 0) is 0 Å². The fourth-order valence-electron chi connectivity index (χ4n) is 0.673. The van der Waals surface area contributed by atoms with Crippen LogP contribution in [-0.4, -0.2) is 16.0 Å². The molecule has 0 aliphatic heterocycles. The maximum absolute atomic E-state index is 9.76. The Bertz CT molecular complexity index is 233. The summed E-state index contributed by atoms with van der Waals surface area (Å²) in [5, 5.41) is 0. The van der Waals surface area contributed by atoms with E-state index in [9.17, 15) is 4.79 Å². The normalized spacial score (nSPS) is 9.55. The van der Waals surface area contributed by atoms with Crippen LogP contribution in [0.3, 0.4) is 0 Å². The van der Waals surface area contributed by atoms with Gasteiger partial charge in [0, 0.05) is 7.05 Å². The Morgan fingerprint density at radius 2 is 2.73 bits per heavy atom. The van der Waals surface area contributed by atoms with Gasteiger partial charge in [-0.2, -0.15) is 0 Å². The van der Waals surface area contributed by atoms with Gasteiger partial charge in [0.1, 0.15) is 6.61 Å². The molecule has 5 nitrogen and oxygen atoms in total. The lowest BCUT2D eigenvalue weighted by atomic mass is 10.5. The number of amides is 1. The number of carbonyl (C=O) groups is 1. The number of hydrogen-bond acceptors (Lipinski definition) is 3. The zero-order valence-electron chi connectivity index (χ0n) is 6.15. The lowest BCUT2D eigenvalue weighted by molar-refractivity contribution is -0.121. The highest BCUT2D eigenvalue weighted by Gasteiger charge is 1.96. The van der Waals surface area contributed by atoms with E-state index >= 15 is 0 Å². The minimum absolute atomic E-state index is 0.329. The van der Waals surface area contributed by atoms with Crippen LogP contribution in [0.5, 0.6) is 0 Å². The number of nitrogens with one attached hydrogen (secondary N) is 1. The molecule has 5 heteroatoms. The summed E-state index contributed by atoms with van der Waals surface area (Å²) >= 11 is 0. The van der Waals surface area contributed by atoms with Gasteiger partial charge in [-0.15, -0.1) is 0 Å². The molecule has 1 aromatic rings. The molecule has 0 saturated heterocycles. The molecule has 0 spiro atoms. The zero-order chi connectivity index (χ0) is 8.10. The van der Waals surface area contributed by atoms with Gasteiger partial charge in [0.2, 0.25) is 6.41 Å². The van der Waals surface area contributed by atoms with Gasteiger partial charge in [0.05, 0.1) is 18.2 Å². The summed E-state index contributed by atoms with van der Waals surface area (Å²) in [6.07, 6.45) is 3.82. The molecule has 0 bridgehead atoms. The standard InChI is InChI=1S/C6H9N3O2/c1-9-4-7-2-6(9)3-11-8-5-10/h2,4-5H,3H2,1H3,(H,8,10). The van der Waals surface area contributed by atoms with Crippen molar-refractivity contribution in [1.29, 1.82) is 0 Å². The molecule has 1 amide bonds. The summed E-state index contributed by atoms with van der Waals surface area (Å²) in [6, 6.07) is 0. The van der Waals surface area contributed by atoms with Crippen LogP contribution < -0.4 is 5.48 Å². The summed E-state index contributed by atoms with van der Waals surface area (Å²) in [7, 11) is 1.85. The third-order valence-electron chi connectivity index (χ3n) is 1.27. The monoisotopic (exact) mass is 155 g/mol. The highest BCUT2D eigenvalue weighted by atomic mass is 16.6. The molecular weight excluding hydrogens is 146 g/mol. The second-order valence-corrected chi connectivity index (χ2v) is 2.02. The second-order valence-electron chi connectivity index (χ2n) is 2.02. The smallest absolute Gasteiger partial charge is 0.230 e. The van der Waals surface area contributed by atoms with Gasteiger partial charge >= 0.3 is 0 Å². The highest BCUT2D eigenvalue weighted by Crippen LogP contribution is 1.96. The molecule has 0 aliphatic carbocycles. The van der Waals surface area contributed by atoms with Crippen molar-refractivity contribution in [1.82, 2.24) is 15.0 Å². The van der Waals surface area contributed by atoms with Crippen molar-refractivity contribution in [3.8, 4) is 0 Å². The molecule has 0 atom stereocenters. The Labute approximate surface area is 63.9 Å². The average Bonchev–Trinajstić information content (AvgIpc) is 2.37. The summed E-state index contributed by atoms with van der Waals surface area (Å²) in [5.74, 6) is 0. The van der Waals surface area contributed by atoms with Crippen molar-refractivity contribution >= 4 is 6.41 Å². The number of hydrogen-bond donors (Lipinski definition) is 1.